The zero-order valence-electron chi connectivity index (χ0n) is 34.6. The van der Waals surface area contributed by atoms with Crippen LogP contribution >= 0.6 is 0 Å². The van der Waals surface area contributed by atoms with E-state index < -0.39 is 98.3 Å². The zero-order chi connectivity index (χ0) is 44.9. The molecule has 0 radical (unpaired) electrons. The third-order valence-corrected chi connectivity index (χ3v) is 14.3. The van der Waals surface area contributed by atoms with Crippen LogP contribution < -0.4 is 29.6 Å². The summed E-state index contributed by atoms with van der Waals surface area (Å²) in [5, 5.41) is 15.4. The van der Waals surface area contributed by atoms with Gasteiger partial charge in [-0.3, -0.25) is 19.1 Å². The number of alkyl halides is 3. The fraction of sp³-hybridized carbons (Fsp3) is 0.625. The van der Waals surface area contributed by atoms with Gasteiger partial charge < -0.3 is 39.6 Å². The number of aliphatic hydroxyl groups excluding tert-OH is 1. The van der Waals surface area contributed by atoms with E-state index in [9.17, 15) is 45.9 Å². The Bertz CT molecular complexity index is 2200. The Labute approximate surface area is 350 Å². The first kappa shape index (κ1) is 45.6. The number of carbonyl (C=O) groups excluding carboxylic acids is 4. The van der Waals surface area contributed by atoms with Crippen LogP contribution in [0.5, 0.6) is 17.4 Å². The number of aliphatic hydroxyl groups is 1. The number of alkyl carbamates (subject to hydrolysis) is 1. The second-order valence-corrected chi connectivity index (χ2v) is 19.1. The van der Waals surface area contributed by atoms with Gasteiger partial charge in [0, 0.05) is 17.7 Å². The lowest BCUT2D eigenvalue weighted by molar-refractivity contribution is -0.244. The molecule has 7 atom stereocenters. The quantitative estimate of drug-likeness (QED) is 0.197. The number of carbonyl (C=O) groups is 4. The summed E-state index contributed by atoms with van der Waals surface area (Å²) in [6, 6.07) is -0.497. The monoisotopic (exact) mass is 885 g/mol. The van der Waals surface area contributed by atoms with Crippen molar-refractivity contribution in [2.45, 2.75) is 113 Å². The first-order valence-corrected chi connectivity index (χ1v) is 21.4. The number of aromatic nitrogens is 1. The largest absolute Gasteiger partial charge is 0.494 e. The number of sulfonamides is 1. The summed E-state index contributed by atoms with van der Waals surface area (Å²) in [6.07, 6.45) is -1.41. The molecule has 4 aliphatic rings. The van der Waals surface area contributed by atoms with Gasteiger partial charge in [-0.05, 0) is 76.3 Å². The number of benzene rings is 1. The molecule has 3 heterocycles. The topological polar surface area (TPSA) is 212 Å². The molecular formula is C40H51F4N5O11S. The number of ether oxygens (including phenoxy) is 4. The molecule has 4 N–H and O–H groups in total. The van der Waals surface area contributed by atoms with Crippen LogP contribution in [-0.2, 0) is 29.1 Å². The van der Waals surface area contributed by atoms with Crippen molar-refractivity contribution in [2.75, 3.05) is 27.4 Å². The predicted molar refractivity (Wildman–Crippen MR) is 209 cm³/mol. The van der Waals surface area contributed by atoms with Gasteiger partial charge in [-0.25, -0.2) is 22.6 Å². The molecule has 4 amide bonds. The van der Waals surface area contributed by atoms with Crippen molar-refractivity contribution >= 4 is 44.6 Å². The summed E-state index contributed by atoms with van der Waals surface area (Å²) in [5.41, 5.74) is -4.72. The van der Waals surface area contributed by atoms with Gasteiger partial charge >= 0.3 is 12.3 Å². The average Bonchev–Trinajstić information content (AvgIpc) is 4.09. The molecule has 2 saturated carbocycles. The molecule has 1 aromatic heterocycles. The number of amides is 4. The van der Waals surface area contributed by atoms with Gasteiger partial charge in [-0.1, -0.05) is 26.0 Å². The molecule has 0 spiro atoms. The summed E-state index contributed by atoms with van der Waals surface area (Å²) in [4.78, 5) is 61.8. The van der Waals surface area contributed by atoms with E-state index in [0.29, 0.717) is 38.5 Å². The van der Waals surface area contributed by atoms with Crippen LogP contribution in [0.1, 0.15) is 72.6 Å². The summed E-state index contributed by atoms with van der Waals surface area (Å²) in [5.74, 6) is -5.01. The third-order valence-electron chi connectivity index (χ3n) is 12.2. The normalized spacial score (nSPS) is 28.5. The van der Waals surface area contributed by atoms with Gasteiger partial charge in [0.1, 0.15) is 34.2 Å². The van der Waals surface area contributed by atoms with Gasteiger partial charge in [0.15, 0.2) is 11.6 Å². The molecule has 1 saturated heterocycles. The maximum absolute atomic E-state index is 15.1. The molecule has 0 unspecified atom stereocenters. The second-order valence-electron chi connectivity index (χ2n) is 17.0. The average molecular weight is 886 g/mol. The number of methoxy groups -OCH3 is 2. The van der Waals surface area contributed by atoms with Gasteiger partial charge in [-0.2, -0.15) is 13.2 Å². The number of nitrogens with one attached hydrogen (secondary N) is 3. The maximum Gasteiger partial charge on any atom is 0.427 e. The van der Waals surface area contributed by atoms with E-state index in [1.807, 2.05) is 6.92 Å². The maximum atomic E-state index is 15.1. The van der Waals surface area contributed by atoms with E-state index in [1.54, 1.807) is 19.1 Å². The summed E-state index contributed by atoms with van der Waals surface area (Å²) in [6.45, 7) is 3.76. The number of halogens is 4. The summed E-state index contributed by atoms with van der Waals surface area (Å²) < 4.78 is 105. The Balaban J connectivity index is 1.38. The number of rotatable bonds is 10. The molecule has 16 nitrogen and oxygen atoms in total. The molecular weight excluding hydrogens is 835 g/mol. The minimum Gasteiger partial charge on any atom is -0.494 e. The highest BCUT2D eigenvalue weighted by atomic mass is 32.2. The van der Waals surface area contributed by atoms with Crippen molar-refractivity contribution in [2.24, 2.45) is 17.8 Å². The Morgan fingerprint density at radius 2 is 1.75 bits per heavy atom. The number of pyridine rings is 1. The number of hydrogen-bond acceptors (Lipinski definition) is 12. The standard InChI is InChI=1S/C40H51F4N5O11S/c1-21-9-7-8-10-23-17-39(23,35(53)48-61(55,56)38(20-50)11-12-38)47-32(51)28-14-24(59-33-26-15-27(41)29(57-5)16-25(26)30(58-6)18-45-33)19-49(28)34(52)31(22(2)13-21)46-36(54)60-37(3,4)40(42,43)44/h8,10,15-16,18,21-24,28,31,50H,7,9,11-14,17,19-20H2,1-6H3,(H,46,54)(H,47,51)(H,48,53)/b10-8-/t21-,22-,23-,24-,28+,31+,39-/m1/s1. The van der Waals surface area contributed by atoms with Crippen molar-refractivity contribution in [3.8, 4) is 17.4 Å². The summed E-state index contributed by atoms with van der Waals surface area (Å²) >= 11 is 0. The van der Waals surface area contributed by atoms with Crippen LogP contribution in [0.2, 0.25) is 0 Å². The van der Waals surface area contributed by atoms with E-state index in [2.05, 4.69) is 20.3 Å². The smallest absolute Gasteiger partial charge is 0.427 e. The Morgan fingerprint density at radius 1 is 1.07 bits per heavy atom. The highest BCUT2D eigenvalue weighted by Crippen LogP contribution is 2.48. The lowest BCUT2D eigenvalue weighted by Gasteiger charge is -2.34. The predicted octanol–water partition coefficient (Wildman–Crippen LogP) is 4.03. The minimum absolute atomic E-state index is 0.00228. The van der Waals surface area contributed by atoms with Crippen LogP contribution in [0.3, 0.4) is 0 Å². The number of fused-ring (bicyclic) bond motifs is 3. The fourth-order valence-corrected chi connectivity index (χ4v) is 9.45. The highest BCUT2D eigenvalue weighted by Gasteiger charge is 2.64. The molecule has 336 valence electrons. The third kappa shape index (κ3) is 9.03. The van der Waals surface area contributed by atoms with E-state index in [1.165, 1.54) is 26.5 Å². The van der Waals surface area contributed by atoms with Crippen LogP contribution in [0, 0.1) is 23.6 Å². The summed E-state index contributed by atoms with van der Waals surface area (Å²) in [7, 11) is -1.72. The number of hydrogen-bond donors (Lipinski definition) is 4. The molecule has 0 bridgehead atoms. The van der Waals surface area contributed by atoms with Gasteiger partial charge in [0.25, 0.3) is 5.91 Å². The number of allylic oxidation sites excluding steroid dienone is 1. The van der Waals surface area contributed by atoms with Crippen LogP contribution in [0.25, 0.3) is 10.8 Å². The van der Waals surface area contributed by atoms with Crippen molar-refractivity contribution in [3.63, 3.8) is 0 Å². The van der Waals surface area contributed by atoms with Crippen molar-refractivity contribution in [3.05, 3.63) is 36.3 Å². The molecule has 61 heavy (non-hydrogen) atoms. The van der Waals surface area contributed by atoms with E-state index >= 15 is 4.39 Å². The molecule has 3 fully saturated rings. The minimum atomic E-state index is -4.96. The van der Waals surface area contributed by atoms with Gasteiger partial charge in [0.05, 0.1) is 39.0 Å². The Kier molecular flexibility index (Phi) is 12.5. The lowest BCUT2D eigenvalue weighted by atomic mass is 9.88. The first-order chi connectivity index (χ1) is 28.5. The first-order valence-electron chi connectivity index (χ1n) is 19.9. The molecule has 2 aromatic rings. The number of nitrogens with zero attached hydrogens (tertiary/aromatic N) is 2. The van der Waals surface area contributed by atoms with Gasteiger partial charge in [0.2, 0.25) is 33.3 Å². The molecule has 2 aliphatic heterocycles. The van der Waals surface area contributed by atoms with Crippen LogP contribution in [-0.4, -0.2) is 115 Å². The van der Waals surface area contributed by atoms with E-state index in [-0.39, 0.29) is 60.9 Å². The van der Waals surface area contributed by atoms with Crippen LogP contribution in [0.4, 0.5) is 22.4 Å². The second kappa shape index (κ2) is 16.7. The van der Waals surface area contributed by atoms with E-state index in [4.69, 9.17) is 18.9 Å². The van der Waals surface area contributed by atoms with Crippen molar-refractivity contribution in [1.82, 2.24) is 25.2 Å². The van der Waals surface area contributed by atoms with E-state index in [0.717, 1.165) is 11.0 Å². The Hall–Kier alpha value is -4.92. The Morgan fingerprint density at radius 3 is 2.38 bits per heavy atom. The lowest BCUT2D eigenvalue weighted by Crippen LogP contribution is -2.60. The van der Waals surface area contributed by atoms with Crippen LogP contribution in [0.15, 0.2) is 30.5 Å². The highest BCUT2D eigenvalue weighted by molar-refractivity contribution is 7.91. The molecule has 2 aliphatic carbocycles. The molecule has 21 heteroatoms. The van der Waals surface area contributed by atoms with Gasteiger partial charge in [-0.15, -0.1) is 0 Å². The zero-order valence-corrected chi connectivity index (χ0v) is 35.4. The molecule has 1 aromatic carbocycles. The fourth-order valence-electron chi connectivity index (χ4n) is 8.00. The van der Waals surface area contributed by atoms with Crippen molar-refractivity contribution < 1.29 is 69.2 Å². The SMILES string of the molecule is COc1cc2c(OC)cnc(O[C@@H]3C[C@H]4C(=O)N[C@]5(C(=O)NS(=O)(=O)C6(CO)CC6)C[C@H]5/C=C\CC[C@@H](C)C[C@@H](C)[C@H](NC(=O)OC(C)(C)C(F)(F)F)C(=O)N4C3)c2cc1F. The van der Waals surface area contributed by atoms with Crippen molar-refractivity contribution in [1.29, 1.82) is 0 Å². The molecule has 6 rings (SSSR count).